The largest absolute Gasteiger partial charge is 0.320 e. The van der Waals surface area contributed by atoms with Crippen molar-refractivity contribution in [2.45, 2.75) is 25.3 Å². The summed E-state index contributed by atoms with van der Waals surface area (Å²) in [6, 6.07) is 0.724. The van der Waals surface area contributed by atoms with Crippen LogP contribution in [0, 0.1) is 0 Å². The second-order valence-corrected chi connectivity index (χ2v) is 4.46. The van der Waals surface area contributed by atoms with Crippen LogP contribution in [0.15, 0.2) is 0 Å². The summed E-state index contributed by atoms with van der Waals surface area (Å²) in [7, 11) is 10.6. The lowest BCUT2D eigenvalue weighted by Gasteiger charge is -2.24. The summed E-state index contributed by atoms with van der Waals surface area (Å²) < 4.78 is 0. The number of nitrogens with one attached hydrogen (secondary N) is 1. The molecule has 0 spiro atoms. The van der Waals surface area contributed by atoms with Crippen molar-refractivity contribution in [3.63, 3.8) is 0 Å². The maximum absolute atomic E-state index is 3.22. The van der Waals surface area contributed by atoms with Gasteiger partial charge in [0, 0.05) is 6.04 Å². The number of nitrogens with zero attached hydrogens (tertiary/aromatic N) is 2. The van der Waals surface area contributed by atoms with E-state index in [1.807, 2.05) is 7.05 Å². The Hall–Kier alpha value is -0.120. The SMILES string of the molecule is CNCCC(CCCN(C)C)N(C)C. The predicted molar refractivity (Wildman–Crippen MR) is 63.8 cm³/mol. The van der Waals surface area contributed by atoms with E-state index in [9.17, 15) is 0 Å². The molecule has 1 atom stereocenters. The normalized spacial score (nSPS) is 13.9. The summed E-state index contributed by atoms with van der Waals surface area (Å²) in [6.07, 6.45) is 3.84. The van der Waals surface area contributed by atoms with Crippen LogP contribution in [0.5, 0.6) is 0 Å². The first-order chi connectivity index (χ1) is 6.57. The predicted octanol–water partition coefficient (Wildman–Crippen LogP) is 0.868. The Morgan fingerprint density at radius 3 is 2.14 bits per heavy atom. The van der Waals surface area contributed by atoms with Gasteiger partial charge in [-0.2, -0.15) is 0 Å². The number of rotatable bonds is 8. The van der Waals surface area contributed by atoms with Gasteiger partial charge < -0.3 is 15.1 Å². The molecule has 0 saturated carbocycles. The lowest BCUT2D eigenvalue weighted by molar-refractivity contribution is 0.249. The zero-order valence-electron chi connectivity index (χ0n) is 10.5. The highest BCUT2D eigenvalue weighted by atomic mass is 15.1. The minimum absolute atomic E-state index is 0.724. The van der Waals surface area contributed by atoms with E-state index < -0.39 is 0 Å². The molecular weight excluding hydrogens is 174 g/mol. The van der Waals surface area contributed by atoms with Gasteiger partial charge in [-0.15, -0.1) is 0 Å². The van der Waals surface area contributed by atoms with Crippen molar-refractivity contribution in [3.05, 3.63) is 0 Å². The summed E-state index contributed by atoms with van der Waals surface area (Å²) in [6.45, 7) is 2.31. The summed E-state index contributed by atoms with van der Waals surface area (Å²) in [5.41, 5.74) is 0. The summed E-state index contributed by atoms with van der Waals surface area (Å²) in [4.78, 5) is 4.60. The Labute approximate surface area is 89.5 Å². The fourth-order valence-corrected chi connectivity index (χ4v) is 1.61. The molecule has 0 amide bonds. The van der Waals surface area contributed by atoms with E-state index in [4.69, 9.17) is 0 Å². The van der Waals surface area contributed by atoms with E-state index in [-0.39, 0.29) is 0 Å². The van der Waals surface area contributed by atoms with Crippen molar-refractivity contribution in [2.24, 2.45) is 0 Å². The molecule has 0 aromatic carbocycles. The van der Waals surface area contributed by atoms with Crippen LogP contribution < -0.4 is 5.32 Å². The average Bonchev–Trinajstić information content (AvgIpc) is 2.09. The zero-order chi connectivity index (χ0) is 11.0. The molecule has 0 aliphatic heterocycles. The molecule has 0 aromatic rings. The highest BCUT2D eigenvalue weighted by molar-refractivity contribution is 4.67. The molecule has 0 bridgehead atoms. The molecule has 0 fully saturated rings. The molecule has 0 rings (SSSR count). The summed E-state index contributed by atoms with van der Waals surface area (Å²) in [5, 5.41) is 3.22. The number of hydrogen-bond donors (Lipinski definition) is 1. The van der Waals surface area contributed by atoms with Crippen molar-refractivity contribution in [1.29, 1.82) is 0 Å². The first-order valence-electron chi connectivity index (χ1n) is 5.53. The second kappa shape index (κ2) is 8.21. The minimum Gasteiger partial charge on any atom is -0.320 e. The molecular formula is C11H27N3. The van der Waals surface area contributed by atoms with E-state index in [1.165, 1.54) is 25.8 Å². The molecule has 0 heterocycles. The lowest BCUT2D eigenvalue weighted by atomic mass is 10.1. The third-order valence-electron chi connectivity index (χ3n) is 2.60. The van der Waals surface area contributed by atoms with Crippen LogP contribution in [0.4, 0.5) is 0 Å². The van der Waals surface area contributed by atoms with Gasteiger partial charge in [-0.25, -0.2) is 0 Å². The van der Waals surface area contributed by atoms with E-state index in [0.29, 0.717) is 0 Å². The molecule has 1 unspecified atom stereocenters. The standard InChI is InChI=1S/C11H27N3/c1-12-9-8-11(14(4)5)7-6-10-13(2)3/h11-12H,6-10H2,1-5H3. The van der Waals surface area contributed by atoms with E-state index in [0.717, 1.165) is 12.6 Å². The molecule has 0 aliphatic rings. The van der Waals surface area contributed by atoms with E-state index >= 15 is 0 Å². The Morgan fingerprint density at radius 2 is 1.71 bits per heavy atom. The summed E-state index contributed by atoms with van der Waals surface area (Å²) in [5.74, 6) is 0. The molecule has 3 nitrogen and oxygen atoms in total. The third kappa shape index (κ3) is 7.30. The fraction of sp³-hybridized carbons (Fsp3) is 1.00. The van der Waals surface area contributed by atoms with Crippen LogP contribution in [0.3, 0.4) is 0 Å². The van der Waals surface area contributed by atoms with Gasteiger partial charge >= 0.3 is 0 Å². The number of hydrogen-bond acceptors (Lipinski definition) is 3. The van der Waals surface area contributed by atoms with Gasteiger partial charge in [-0.3, -0.25) is 0 Å². The van der Waals surface area contributed by atoms with E-state index in [1.54, 1.807) is 0 Å². The van der Waals surface area contributed by atoms with Crippen LogP contribution in [0.25, 0.3) is 0 Å². The smallest absolute Gasteiger partial charge is 0.0102 e. The van der Waals surface area contributed by atoms with Crippen LogP contribution in [0.2, 0.25) is 0 Å². The van der Waals surface area contributed by atoms with Crippen LogP contribution in [-0.2, 0) is 0 Å². The van der Waals surface area contributed by atoms with Crippen molar-refractivity contribution in [3.8, 4) is 0 Å². The van der Waals surface area contributed by atoms with Gasteiger partial charge in [0.2, 0.25) is 0 Å². The molecule has 0 saturated heterocycles. The van der Waals surface area contributed by atoms with Gasteiger partial charge in [-0.1, -0.05) is 0 Å². The van der Waals surface area contributed by atoms with Gasteiger partial charge in [0.1, 0.15) is 0 Å². The Morgan fingerprint density at radius 1 is 1.07 bits per heavy atom. The first kappa shape index (κ1) is 13.9. The van der Waals surface area contributed by atoms with Crippen molar-refractivity contribution in [1.82, 2.24) is 15.1 Å². The molecule has 0 aromatic heterocycles. The van der Waals surface area contributed by atoms with Crippen molar-refractivity contribution >= 4 is 0 Å². The average molecular weight is 201 g/mol. The van der Waals surface area contributed by atoms with Gasteiger partial charge in [-0.05, 0) is 67.6 Å². The quantitative estimate of drug-likeness (QED) is 0.628. The Balaban J connectivity index is 3.62. The Kier molecular flexibility index (Phi) is 8.14. The van der Waals surface area contributed by atoms with Crippen molar-refractivity contribution in [2.75, 3.05) is 48.3 Å². The van der Waals surface area contributed by atoms with Crippen LogP contribution in [0.1, 0.15) is 19.3 Å². The maximum Gasteiger partial charge on any atom is 0.0102 e. The highest BCUT2D eigenvalue weighted by Crippen LogP contribution is 2.07. The molecule has 1 N–H and O–H groups in total. The van der Waals surface area contributed by atoms with Crippen molar-refractivity contribution < 1.29 is 0 Å². The van der Waals surface area contributed by atoms with Gasteiger partial charge in [0.05, 0.1) is 0 Å². The highest BCUT2D eigenvalue weighted by Gasteiger charge is 2.09. The lowest BCUT2D eigenvalue weighted by Crippen LogP contribution is -2.31. The maximum atomic E-state index is 3.22. The molecule has 0 aliphatic carbocycles. The summed E-state index contributed by atoms with van der Waals surface area (Å²) >= 11 is 0. The van der Waals surface area contributed by atoms with Gasteiger partial charge in [0.15, 0.2) is 0 Å². The van der Waals surface area contributed by atoms with E-state index in [2.05, 4.69) is 43.3 Å². The zero-order valence-corrected chi connectivity index (χ0v) is 10.5. The molecule has 86 valence electrons. The topological polar surface area (TPSA) is 18.5 Å². The third-order valence-corrected chi connectivity index (χ3v) is 2.60. The monoisotopic (exact) mass is 201 g/mol. The molecule has 3 heteroatoms. The molecule has 14 heavy (non-hydrogen) atoms. The van der Waals surface area contributed by atoms with Gasteiger partial charge in [0.25, 0.3) is 0 Å². The first-order valence-corrected chi connectivity index (χ1v) is 5.53. The van der Waals surface area contributed by atoms with Crippen LogP contribution in [-0.4, -0.2) is 64.2 Å². The van der Waals surface area contributed by atoms with Crippen LogP contribution >= 0.6 is 0 Å². The minimum atomic E-state index is 0.724. The second-order valence-electron chi connectivity index (χ2n) is 4.46. The Bertz CT molecular complexity index is 124. The fourth-order valence-electron chi connectivity index (χ4n) is 1.61. The molecule has 0 radical (unpaired) electrons.